The molecule has 23 heavy (non-hydrogen) atoms. The summed E-state index contributed by atoms with van der Waals surface area (Å²) in [5, 5.41) is 0. The van der Waals surface area contributed by atoms with Gasteiger partial charge in [-0.05, 0) is 50.2 Å². The third kappa shape index (κ3) is 4.88. The topological polar surface area (TPSA) is 32.8 Å². The van der Waals surface area contributed by atoms with Crippen LogP contribution in [0, 0.1) is 0 Å². The molecule has 1 atom stereocenters. The minimum Gasteiger partial charge on any atom is -0.484 e. The van der Waals surface area contributed by atoms with E-state index in [-0.39, 0.29) is 12.5 Å². The molecule has 0 spiro atoms. The zero-order valence-corrected chi connectivity index (χ0v) is 14.5. The van der Waals surface area contributed by atoms with Crippen LogP contribution < -0.4 is 4.74 Å². The first-order chi connectivity index (χ1) is 11.3. The fourth-order valence-electron chi connectivity index (χ4n) is 3.32. The summed E-state index contributed by atoms with van der Waals surface area (Å²) in [6, 6.07) is 9.93. The molecular weight excluding hydrogens is 308 g/mol. The van der Waals surface area contributed by atoms with Gasteiger partial charge in [0, 0.05) is 18.8 Å². The fourth-order valence-corrected chi connectivity index (χ4v) is 4.37. The van der Waals surface area contributed by atoms with E-state index in [0.717, 1.165) is 36.8 Å². The van der Waals surface area contributed by atoms with Gasteiger partial charge in [-0.1, -0.05) is 18.2 Å². The van der Waals surface area contributed by atoms with Crippen molar-refractivity contribution >= 4 is 17.7 Å². The Balaban J connectivity index is 1.57. The van der Waals surface area contributed by atoms with Crippen molar-refractivity contribution in [3.05, 3.63) is 30.3 Å². The van der Waals surface area contributed by atoms with E-state index in [9.17, 15) is 4.79 Å². The number of carbonyl (C=O) groups is 1. The first-order valence-corrected chi connectivity index (χ1v) is 9.76. The van der Waals surface area contributed by atoms with E-state index in [2.05, 4.69) is 9.80 Å². The highest BCUT2D eigenvalue weighted by Gasteiger charge is 2.28. The molecule has 1 aromatic rings. The van der Waals surface area contributed by atoms with Crippen molar-refractivity contribution in [1.82, 2.24) is 9.80 Å². The molecule has 1 amide bonds. The van der Waals surface area contributed by atoms with Crippen LogP contribution in [0.4, 0.5) is 0 Å². The molecule has 0 N–H and O–H groups in total. The third-order valence-electron chi connectivity index (χ3n) is 4.53. The maximum Gasteiger partial charge on any atom is 0.260 e. The Kier molecular flexibility index (Phi) is 6.22. The average Bonchev–Trinajstić information content (AvgIpc) is 2.98. The highest BCUT2D eigenvalue weighted by molar-refractivity contribution is 7.99. The van der Waals surface area contributed by atoms with Gasteiger partial charge in [0.15, 0.2) is 6.61 Å². The largest absolute Gasteiger partial charge is 0.484 e. The second-order valence-electron chi connectivity index (χ2n) is 6.28. The van der Waals surface area contributed by atoms with Crippen molar-refractivity contribution < 1.29 is 9.53 Å². The zero-order valence-electron chi connectivity index (χ0n) is 13.7. The van der Waals surface area contributed by atoms with Crippen LogP contribution in [0.3, 0.4) is 0 Å². The molecule has 126 valence electrons. The van der Waals surface area contributed by atoms with Gasteiger partial charge in [-0.15, -0.1) is 0 Å². The molecule has 0 aliphatic carbocycles. The Labute approximate surface area is 143 Å². The SMILES string of the molecule is O=C(COc1ccccc1)N1CCCSCC1CN1CCCC1. The molecule has 3 rings (SSSR count). The normalized spacial score (nSPS) is 22.8. The molecule has 5 heteroatoms. The van der Waals surface area contributed by atoms with E-state index >= 15 is 0 Å². The standard InChI is InChI=1S/C18H26N2O2S/c21-18(14-22-17-7-2-1-3-8-17)20-11-6-12-23-15-16(20)13-19-9-4-5-10-19/h1-3,7-8,16H,4-6,9-15H2. The molecule has 1 aromatic carbocycles. The van der Waals surface area contributed by atoms with Crippen molar-refractivity contribution in [3.8, 4) is 5.75 Å². The first-order valence-electron chi connectivity index (χ1n) is 8.60. The number of carbonyl (C=O) groups excluding carboxylic acids is 1. The predicted molar refractivity (Wildman–Crippen MR) is 95.1 cm³/mol. The molecule has 2 saturated heterocycles. The van der Waals surface area contributed by atoms with Gasteiger partial charge in [0.1, 0.15) is 5.75 Å². The number of thioether (sulfide) groups is 1. The van der Waals surface area contributed by atoms with E-state index < -0.39 is 0 Å². The van der Waals surface area contributed by atoms with Crippen molar-refractivity contribution in [3.63, 3.8) is 0 Å². The van der Waals surface area contributed by atoms with Crippen LogP contribution in [0.15, 0.2) is 30.3 Å². The Morgan fingerprint density at radius 1 is 1.13 bits per heavy atom. The Morgan fingerprint density at radius 2 is 1.91 bits per heavy atom. The van der Waals surface area contributed by atoms with Gasteiger partial charge in [0.2, 0.25) is 0 Å². The van der Waals surface area contributed by atoms with E-state index in [4.69, 9.17) is 4.74 Å². The van der Waals surface area contributed by atoms with Crippen LogP contribution in [0.1, 0.15) is 19.3 Å². The second kappa shape index (κ2) is 8.60. The Morgan fingerprint density at radius 3 is 2.70 bits per heavy atom. The van der Waals surface area contributed by atoms with Gasteiger partial charge in [-0.25, -0.2) is 0 Å². The summed E-state index contributed by atoms with van der Waals surface area (Å²) in [5.74, 6) is 3.09. The quantitative estimate of drug-likeness (QED) is 0.828. The van der Waals surface area contributed by atoms with Crippen LogP contribution in [0.25, 0.3) is 0 Å². The van der Waals surface area contributed by atoms with Crippen molar-refractivity contribution in [2.45, 2.75) is 25.3 Å². The lowest BCUT2D eigenvalue weighted by atomic mass is 10.2. The van der Waals surface area contributed by atoms with E-state index in [1.54, 1.807) is 0 Å². The number of ether oxygens (including phenoxy) is 1. The highest BCUT2D eigenvalue weighted by atomic mass is 32.2. The molecule has 2 heterocycles. The maximum atomic E-state index is 12.7. The van der Waals surface area contributed by atoms with Crippen LogP contribution in [-0.2, 0) is 4.79 Å². The van der Waals surface area contributed by atoms with Crippen molar-refractivity contribution in [2.24, 2.45) is 0 Å². The Hall–Kier alpha value is -1.20. The van der Waals surface area contributed by atoms with E-state index in [1.807, 2.05) is 42.1 Å². The second-order valence-corrected chi connectivity index (χ2v) is 7.43. The lowest BCUT2D eigenvalue weighted by molar-refractivity contribution is -0.135. The summed E-state index contributed by atoms with van der Waals surface area (Å²) in [4.78, 5) is 17.3. The lowest BCUT2D eigenvalue weighted by Gasteiger charge is -2.32. The molecule has 1 unspecified atom stereocenters. The summed E-state index contributed by atoms with van der Waals surface area (Å²) in [5.41, 5.74) is 0. The van der Waals surface area contributed by atoms with Crippen molar-refractivity contribution in [1.29, 1.82) is 0 Å². The minimum absolute atomic E-state index is 0.126. The molecule has 2 aliphatic rings. The first kappa shape index (κ1) is 16.7. The van der Waals surface area contributed by atoms with Crippen LogP contribution in [0.2, 0.25) is 0 Å². The average molecular weight is 334 g/mol. The number of para-hydroxylation sites is 1. The molecule has 0 radical (unpaired) electrons. The van der Waals surface area contributed by atoms with Gasteiger partial charge in [0.05, 0.1) is 6.04 Å². The van der Waals surface area contributed by atoms with Gasteiger partial charge < -0.3 is 14.5 Å². The Bertz CT molecular complexity index is 491. The molecule has 0 aromatic heterocycles. The smallest absolute Gasteiger partial charge is 0.260 e. The monoisotopic (exact) mass is 334 g/mol. The third-order valence-corrected chi connectivity index (χ3v) is 5.73. The summed E-state index contributed by atoms with van der Waals surface area (Å²) >= 11 is 1.98. The van der Waals surface area contributed by atoms with Gasteiger partial charge in [-0.3, -0.25) is 4.79 Å². The molecule has 0 bridgehead atoms. The number of hydrogen-bond donors (Lipinski definition) is 0. The van der Waals surface area contributed by atoms with Gasteiger partial charge in [-0.2, -0.15) is 11.8 Å². The zero-order chi connectivity index (χ0) is 15.9. The fraction of sp³-hybridized carbons (Fsp3) is 0.611. The number of benzene rings is 1. The predicted octanol–water partition coefficient (Wildman–Crippen LogP) is 2.50. The minimum atomic E-state index is 0.126. The molecule has 0 saturated carbocycles. The molecular formula is C18H26N2O2S. The summed E-state index contributed by atoms with van der Waals surface area (Å²) in [7, 11) is 0. The summed E-state index contributed by atoms with van der Waals surface area (Å²) < 4.78 is 5.67. The number of rotatable bonds is 5. The van der Waals surface area contributed by atoms with E-state index in [1.165, 1.54) is 25.9 Å². The van der Waals surface area contributed by atoms with Crippen LogP contribution in [-0.4, -0.2) is 66.0 Å². The molecule has 2 aliphatic heterocycles. The van der Waals surface area contributed by atoms with Gasteiger partial charge in [0.25, 0.3) is 5.91 Å². The summed E-state index contributed by atoms with van der Waals surface area (Å²) in [6.07, 6.45) is 3.67. The van der Waals surface area contributed by atoms with E-state index in [0.29, 0.717) is 6.04 Å². The number of likely N-dealkylation sites (tertiary alicyclic amines) is 1. The highest BCUT2D eigenvalue weighted by Crippen LogP contribution is 2.20. The maximum absolute atomic E-state index is 12.7. The lowest BCUT2D eigenvalue weighted by Crippen LogP contribution is -2.49. The number of hydrogen-bond acceptors (Lipinski definition) is 4. The number of amides is 1. The van der Waals surface area contributed by atoms with Gasteiger partial charge >= 0.3 is 0 Å². The van der Waals surface area contributed by atoms with Crippen LogP contribution in [0.5, 0.6) is 5.75 Å². The summed E-state index contributed by atoms with van der Waals surface area (Å²) in [6.45, 7) is 4.39. The molecule has 4 nitrogen and oxygen atoms in total. The molecule has 2 fully saturated rings. The van der Waals surface area contributed by atoms with Crippen LogP contribution >= 0.6 is 11.8 Å². The van der Waals surface area contributed by atoms with Crippen molar-refractivity contribution in [2.75, 3.05) is 44.3 Å². The number of nitrogens with zero attached hydrogens (tertiary/aromatic N) is 2.